The normalized spacial score (nSPS) is 14.1. The third kappa shape index (κ3) is 4.33. The van der Waals surface area contributed by atoms with E-state index in [0.29, 0.717) is 23.1 Å². The number of sulfonamides is 1. The van der Waals surface area contributed by atoms with Gasteiger partial charge in [-0.25, -0.2) is 13.6 Å². The molecule has 1 aliphatic carbocycles. The maximum absolute atomic E-state index is 13.1. The van der Waals surface area contributed by atoms with Crippen LogP contribution in [0, 0.1) is 12.8 Å². The van der Waals surface area contributed by atoms with Crippen LogP contribution >= 0.6 is 11.6 Å². The van der Waals surface area contributed by atoms with Gasteiger partial charge < -0.3 is 4.57 Å². The van der Waals surface area contributed by atoms with E-state index in [4.69, 9.17) is 16.7 Å². The molecule has 1 heterocycles. The van der Waals surface area contributed by atoms with Crippen molar-refractivity contribution in [2.75, 3.05) is 0 Å². The molecular formula is C24H25ClN2O3S. The number of hydrogen-bond donors (Lipinski definition) is 1. The standard InChI is InChI=1S/C24H25ClN2O3S/c1-3-21(28)24-22(17-8-12-20(13-9-17)31(26,29)30)15(2)23(27(24)14-16-4-5-16)18-6-10-19(25)11-7-18/h6-13,16H,3-5,14H2,1-2H3,(H2,26,29,30). The lowest BCUT2D eigenvalue weighted by atomic mass is 9.97. The lowest BCUT2D eigenvalue weighted by Crippen LogP contribution is -2.12. The summed E-state index contributed by atoms with van der Waals surface area (Å²) in [5.41, 5.74) is 5.32. The number of carbonyl (C=O) groups excluding carboxylic acids is 1. The van der Waals surface area contributed by atoms with Gasteiger partial charge >= 0.3 is 0 Å². The van der Waals surface area contributed by atoms with E-state index in [1.165, 1.54) is 12.1 Å². The lowest BCUT2D eigenvalue weighted by molar-refractivity contribution is 0.0979. The molecule has 0 radical (unpaired) electrons. The van der Waals surface area contributed by atoms with Crippen molar-refractivity contribution in [2.24, 2.45) is 11.1 Å². The van der Waals surface area contributed by atoms with Gasteiger partial charge in [-0.2, -0.15) is 0 Å². The average Bonchev–Trinajstić information content (AvgIpc) is 3.51. The number of carbonyl (C=O) groups is 1. The predicted molar refractivity (Wildman–Crippen MR) is 124 cm³/mol. The van der Waals surface area contributed by atoms with Crippen LogP contribution in [0.5, 0.6) is 0 Å². The zero-order valence-electron chi connectivity index (χ0n) is 17.6. The molecule has 162 valence electrons. The van der Waals surface area contributed by atoms with Gasteiger partial charge in [-0.05, 0) is 66.6 Å². The minimum absolute atomic E-state index is 0.0487. The molecule has 7 heteroatoms. The molecule has 1 aliphatic rings. The van der Waals surface area contributed by atoms with E-state index in [0.717, 1.165) is 47.3 Å². The molecule has 0 bridgehead atoms. The molecule has 0 saturated heterocycles. The van der Waals surface area contributed by atoms with Crippen LogP contribution in [0.15, 0.2) is 53.4 Å². The number of Topliss-reactive ketones (excluding diaryl/α,β-unsaturated/α-hetero) is 1. The number of nitrogens with zero attached hydrogens (tertiary/aromatic N) is 1. The van der Waals surface area contributed by atoms with Crippen LogP contribution in [0.3, 0.4) is 0 Å². The van der Waals surface area contributed by atoms with Crippen LogP contribution in [0.1, 0.15) is 42.2 Å². The third-order valence-electron chi connectivity index (χ3n) is 5.82. The Bertz CT molecular complexity index is 1240. The van der Waals surface area contributed by atoms with Crippen molar-refractivity contribution in [3.63, 3.8) is 0 Å². The summed E-state index contributed by atoms with van der Waals surface area (Å²) in [6.45, 7) is 4.67. The topological polar surface area (TPSA) is 82.2 Å². The number of primary sulfonamides is 1. The largest absolute Gasteiger partial charge is 0.337 e. The van der Waals surface area contributed by atoms with E-state index in [9.17, 15) is 13.2 Å². The zero-order valence-corrected chi connectivity index (χ0v) is 19.1. The second-order valence-electron chi connectivity index (χ2n) is 8.10. The number of rotatable bonds is 7. The fourth-order valence-corrected chi connectivity index (χ4v) is 4.73. The van der Waals surface area contributed by atoms with Gasteiger partial charge in [0.15, 0.2) is 5.78 Å². The molecule has 0 atom stereocenters. The molecule has 4 rings (SSSR count). The number of hydrogen-bond acceptors (Lipinski definition) is 3. The molecule has 5 nitrogen and oxygen atoms in total. The van der Waals surface area contributed by atoms with E-state index in [1.807, 2.05) is 38.1 Å². The number of halogens is 1. The average molecular weight is 457 g/mol. The Kier molecular flexibility index (Phi) is 5.81. The van der Waals surface area contributed by atoms with Crippen LogP contribution in [0.4, 0.5) is 0 Å². The fourth-order valence-electron chi connectivity index (χ4n) is 4.09. The highest BCUT2D eigenvalue weighted by molar-refractivity contribution is 7.89. The van der Waals surface area contributed by atoms with Gasteiger partial charge in [0.05, 0.1) is 16.3 Å². The van der Waals surface area contributed by atoms with Gasteiger partial charge in [-0.1, -0.05) is 42.8 Å². The maximum atomic E-state index is 13.1. The molecule has 0 amide bonds. The molecule has 31 heavy (non-hydrogen) atoms. The first-order chi connectivity index (χ1) is 14.7. The molecule has 1 saturated carbocycles. The van der Waals surface area contributed by atoms with Crippen molar-refractivity contribution >= 4 is 27.4 Å². The second kappa shape index (κ2) is 8.26. The molecular weight excluding hydrogens is 432 g/mol. The van der Waals surface area contributed by atoms with Crippen molar-refractivity contribution < 1.29 is 13.2 Å². The first-order valence-electron chi connectivity index (χ1n) is 10.4. The quantitative estimate of drug-likeness (QED) is 0.481. The monoisotopic (exact) mass is 456 g/mol. The minimum atomic E-state index is -3.79. The van der Waals surface area contributed by atoms with Crippen LogP contribution in [0.25, 0.3) is 22.4 Å². The van der Waals surface area contributed by atoms with E-state index >= 15 is 0 Å². The second-order valence-corrected chi connectivity index (χ2v) is 10.1. The molecule has 1 fully saturated rings. The molecule has 1 aromatic heterocycles. The van der Waals surface area contributed by atoms with Crippen LogP contribution in [-0.4, -0.2) is 18.8 Å². The highest BCUT2D eigenvalue weighted by Gasteiger charge is 2.30. The highest BCUT2D eigenvalue weighted by Crippen LogP contribution is 2.42. The van der Waals surface area contributed by atoms with Gasteiger partial charge in [-0.15, -0.1) is 0 Å². The van der Waals surface area contributed by atoms with E-state index in [-0.39, 0.29) is 10.7 Å². The summed E-state index contributed by atoms with van der Waals surface area (Å²) in [5, 5.41) is 5.91. The van der Waals surface area contributed by atoms with Crippen molar-refractivity contribution in [3.8, 4) is 22.4 Å². The van der Waals surface area contributed by atoms with Crippen LogP contribution in [0.2, 0.25) is 5.02 Å². The molecule has 0 aliphatic heterocycles. The zero-order chi connectivity index (χ0) is 22.3. The molecule has 0 unspecified atom stereocenters. The summed E-state index contributed by atoms with van der Waals surface area (Å²) in [5.74, 6) is 0.633. The summed E-state index contributed by atoms with van der Waals surface area (Å²) in [6.07, 6.45) is 2.71. The fraction of sp³-hybridized carbons (Fsp3) is 0.292. The Balaban J connectivity index is 1.97. The van der Waals surface area contributed by atoms with Gasteiger partial charge in [0.2, 0.25) is 10.0 Å². The van der Waals surface area contributed by atoms with E-state index in [2.05, 4.69) is 4.57 Å². The van der Waals surface area contributed by atoms with Gasteiger partial charge in [-0.3, -0.25) is 4.79 Å². The summed E-state index contributed by atoms with van der Waals surface area (Å²) in [7, 11) is -3.79. The van der Waals surface area contributed by atoms with Crippen molar-refractivity contribution in [3.05, 3.63) is 64.8 Å². The van der Waals surface area contributed by atoms with Crippen LogP contribution in [-0.2, 0) is 16.6 Å². The van der Waals surface area contributed by atoms with E-state index in [1.54, 1.807) is 12.1 Å². The van der Waals surface area contributed by atoms with Gasteiger partial charge in [0.25, 0.3) is 0 Å². The summed E-state index contributed by atoms with van der Waals surface area (Å²) >= 11 is 6.11. The molecule has 3 aromatic rings. The maximum Gasteiger partial charge on any atom is 0.238 e. The van der Waals surface area contributed by atoms with Gasteiger partial charge in [0.1, 0.15) is 0 Å². The Labute approximate surface area is 187 Å². The number of nitrogens with two attached hydrogens (primary N) is 1. The smallest absolute Gasteiger partial charge is 0.238 e. The minimum Gasteiger partial charge on any atom is -0.337 e. The molecule has 2 aromatic carbocycles. The molecule has 0 spiro atoms. The highest BCUT2D eigenvalue weighted by atomic mass is 35.5. The Hall–Kier alpha value is -2.41. The van der Waals surface area contributed by atoms with Crippen molar-refractivity contribution in [1.29, 1.82) is 0 Å². The third-order valence-corrected chi connectivity index (χ3v) is 7.00. The van der Waals surface area contributed by atoms with E-state index < -0.39 is 10.0 Å². The van der Waals surface area contributed by atoms with Gasteiger partial charge in [0, 0.05) is 23.6 Å². The summed E-state index contributed by atoms with van der Waals surface area (Å²) in [4.78, 5) is 13.2. The Morgan fingerprint density at radius 1 is 1.06 bits per heavy atom. The SMILES string of the molecule is CCC(=O)c1c(-c2ccc(S(N)(=O)=O)cc2)c(C)c(-c2ccc(Cl)cc2)n1CC1CC1. The summed E-state index contributed by atoms with van der Waals surface area (Å²) in [6, 6.07) is 14.1. The van der Waals surface area contributed by atoms with Crippen molar-refractivity contribution in [2.45, 2.75) is 44.6 Å². The van der Waals surface area contributed by atoms with Crippen LogP contribution < -0.4 is 5.14 Å². The first-order valence-corrected chi connectivity index (χ1v) is 12.3. The first kappa shape index (κ1) is 21.8. The number of benzene rings is 2. The Morgan fingerprint density at radius 3 is 2.16 bits per heavy atom. The predicted octanol–water partition coefficient (Wildman–Crippen LogP) is 5.43. The van der Waals surface area contributed by atoms with Crippen molar-refractivity contribution in [1.82, 2.24) is 4.57 Å². The number of aromatic nitrogens is 1. The molecule has 2 N–H and O–H groups in total. The Morgan fingerprint density at radius 2 is 1.65 bits per heavy atom. The number of ketones is 1. The summed E-state index contributed by atoms with van der Waals surface area (Å²) < 4.78 is 25.5. The lowest BCUT2D eigenvalue weighted by Gasteiger charge is -2.14.